The summed E-state index contributed by atoms with van der Waals surface area (Å²) in [5, 5.41) is 10.7. The van der Waals surface area contributed by atoms with Crippen LogP contribution in [0.25, 0.3) is 0 Å². The summed E-state index contributed by atoms with van der Waals surface area (Å²) in [6.07, 6.45) is 6.88. The molecule has 128 valence electrons. The maximum absolute atomic E-state index is 10.7. The summed E-state index contributed by atoms with van der Waals surface area (Å²) in [5.41, 5.74) is 3.02. The standard InChI is InChI=1S/C19H23NO4/c1-22-13-5-4-12-6-7-20-11-16(21)14-8-17(23-2)18(24-3)9-15(14)19(12,20)10-13/h4-6,8-9,13,16,21H,7,10-11H2,1-3H3/t13-,16-,19-/m0/s1. The van der Waals surface area contributed by atoms with Gasteiger partial charge in [0.1, 0.15) is 0 Å². The van der Waals surface area contributed by atoms with Crippen LogP contribution in [0, 0.1) is 0 Å². The van der Waals surface area contributed by atoms with Gasteiger partial charge in [-0.15, -0.1) is 0 Å². The van der Waals surface area contributed by atoms with E-state index in [-0.39, 0.29) is 11.6 Å². The molecular weight excluding hydrogens is 306 g/mol. The van der Waals surface area contributed by atoms with Gasteiger partial charge in [-0.05, 0) is 28.8 Å². The van der Waals surface area contributed by atoms with Crippen LogP contribution in [0.4, 0.5) is 0 Å². The Bertz CT molecular complexity index is 726. The van der Waals surface area contributed by atoms with Crippen molar-refractivity contribution in [3.8, 4) is 11.5 Å². The van der Waals surface area contributed by atoms with E-state index >= 15 is 0 Å². The monoisotopic (exact) mass is 329 g/mol. The predicted molar refractivity (Wildman–Crippen MR) is 90.4 cm³/mol. The number of nitrogens with zero attached hydrogens (tertiary/aromatic N) is 1. The van der Waals surface area contributed by atoms with E-state index in [1.807, 2.05) is 12.1 Å². The first-order valence-corrected chi connectivity index (χ1v) is 8.25. The molecule has 0 bridgehead atoms. The summed E-state index contributed by atoms with van der Waals surface area (Å²) >= 11 is 0. The highest BCUT2D eigenvalue weighted by Crippen LogP contribution is 2.54. The number of hydrogen-bond acceptors (Lipinski definition) is 5. The minimum atomic E-state index is -0.537. The molecule has 2 heterocycles. The number of aliphatic hydroxyl groups excluding tert-OH is 1. The molecular formula is C19H23NO4. The molecule has 24 heavy (non-hydrogen) atoms. The molecule has 0 radical (unpaired) electrons. The Kier molecular flexibility index (Phi) is 3.67. The highest BCUT2D eigenvalue weighted by Gasteiger charge is 2.52. The van der Waals surface area contributed by atoms with Crippen LogP contribution in [0.5, 0.6) is 11.5 Å². The maximum atomic E-state index is 10.7. The van der Waals surface area contributed by atoms with Crippen LogP contribution in [0.3, 0.4) is 0 Å². The molecule has 2 aliphatic heterocycles. The van der Waals surface area contributed by atoms with Crippen LogP contribution in [0.1, 0.15) is 23.7 Å². The molecule has 0 amide bonds. The summed E-state index contributed by atoms with van der Waals surface area (Å²) in [6, 6.07) is 3.94. The molecule has 0 unspecified atom stereocenters. The number of ether oxygens (including phenoxy) is 3. The van der Waals surface area contributed by atoms with Crippen LogP contribution in [0.15, 0.2) is 35.9 Å². The number of methoxy groups -OCH3 is 3. The maximum Gasteiger partial charge on any atom is 0.161 e. The van der Waals surface area contributed by atoms with Crippen molar-refractivity contribution in [2.24, 2.45) is 0 Å². The van der Waals surface area contributed by atoms with Gasteiger partial charge >= 0.3 is 0 Å². The van der Waals surface area contributed by atoms with Crippen LogP contribution in [-0.2, 0) is 10.3 Å². The van der Waals surface area contributed by atoms with Crippen molar-refractivity contribution in [1.82, 2.24) is 4.90 Å². The number of benzene rings is 1. The first kappa shape index (κ1) is 15.7. The zero-order valence-corrected chi connectivity index (χ0v) is 14.3. The molecule has 1 aromatic rings. The zero-order chi connectivity index (χ0) is 16.9. The van der Waals surface area contributed by atoms with E-state index in [1.165, 1.54) is 5.57 Å². The van der Waals surface area contributed by atoms with Crippen LogP contribution >= 0.6 is 0 Å². The summed E-state index contributed by atoms with van der Waals surface area (Å²) in [5.74, 6) is 1.34. The van der Waals surface area contributed by atoms with Crippen molar-refractivity contribution in [2.75, 3.05) is 34.4 Å². The van der Waals surface area contributed by atoms with Gasteiger partial charge in [0.25, 0.3) is 0 Å². The molecule has 4 rings (SSSR count). The molecule has 3 aliphatic rings. The summed E-state index contributed by atoms with van der Waals surface area (Å²) in [7, 11) is 5.01. The molecule has 0 saturated heterocycles. The lowest BCUT2D eigenvalue weighted by atomic mass is 9.71. The van der Waals surface area contributed by atoms with E-state index < -0.39 is 6.10 Å². The normalized spacial score (nSPS) is 31.1. The fourth-order valence-corrected chi connectivity index (χ4v) is 4.40. The van der Waals surface area contributed by atoms with Gasteiger partial charge < -0.3 is 19.3 Å². The Labute approximate surface area is 142 Å². The molecule has 0 aromatic heterocycles. The molecule has 3 atom stereocenters. The van der Waals surface area contributed by atoms with Gasteiger partial charge in [-0.3, -0.25) is 4.90 Å². The largest absolute Gasteiger partial charge is 0.493 e. The Morgan fingerprint density at radius 1 is 1.17 bits per heavy atom. The van der Waals surface area contributed by atoms with Gasteiger partial charge in [-0.2, -0.15) is 0 Å². The van der Waals surface area contributed by atoms with Crippen molar-refractivity contribution >= 4 is 0 Å². The fraction of sp³-hybridized carbons (Fsp3) is 0.474. The van der Waals surface area contributed by atoms with E-state index in [0.717, 1.165) is 24.1 Å². The van der Waals surface area contributed by atoms with Crippen LogP contribution in [-0.4, -0.2) is 50.5 Å². The van der Waals surface area contributed by atoms with Crippen molar-refractivity contribution in [2.45, 2.75) is 24.2 Å². The summed E-state index contributed by atoms with van der Waals surface area (Å²) < 4.78 is 16.6. The number of hydrogen-bond donors (Lipinski definition) is 1. The third-order valence-electron chi connectivity index (χ3n) is 5.59. The van der Waals surface area contributed by atoms with Crippen molar-refractivity contribution in [3.05, 3.63) is 47.1 Å². The molecule has 1 aromatic carbocycles. The van der Waals surface area contributed by atoms with Crippen molar-refractivity contribution < 1.29 is 19.3 Å². The Balaban J connectivity index is 1.94. The van der Waals surface area contributed by atoms with Gasteiger partial charge in [-0.1, -0.05) is 18.2 Å². The lowest BCUT2D eigenvalue weighted by Crippen LogP contribution is -2.52. The minimum Gasteiger partial charge on any atom is -0.493 e. The van der Waals surface area contributed by atoms with E-state index in [1.54, 1.807) is 21.3 Å². The van der Waals surface area contributed by atoms with Gasteiger partial charge in [0.15, 0.2) is 11.5 Å². The second kappa shape index (κ2) is 5.62. The first-order valence-electron chi connectivity index (χ1n) is 8.25. The lowest BCUT2D eigenvalue weighted by Gasteiger charge is -2.49. The average molecular weight is 329 g/mol. The number of aliphatic hydroxyl groups is 1. The molecule has 1 aliphatic carbocycles. The van der Waals surface area contributed by atoms with Gasteiger partial charge in [0, 0.05) is 26.6 Å². The highest BCUT2D eigenvalue weighted by atomic mass is 16.5. The van der Waals surface area contributed by atoms with E-state index in [2.05, 4.69) is 23.1 Å². The second-order valence-corrected chi connectivity index (χ2v) is 6.57. The highest BCUT2D eigenvalue weighted by molar-refractivity contribution is 5.58. The second-order valence-electron chi connectivity index (χ2n) is 6.57. The summed E-state index contributed by atoms with van der Waals surface area (Å²) in [6.45, 7) is 1.44. The van der Waals surface area contributed by atoms with Crippen LogP contribution in [0.2, 0.25) is 0 Å². The average Bonchev–Trinajstić information content (AvgIpc) is 2.99. The smallest absolute Gasteiger partial charge is 0.161 e. The predicted octanol–water partition coefficient (Wildman–Crippen LogP) is 2.16. The molecule has 1 N–H and O–H groups in total. The third kappa shape index (κ3) is 1.98. The first-order chi connectivity index (χ1) is 11.6. The lowest BCUT2D eigenvalue weighted by molar-refractivity contribution is 0.0107. The van der Waals surface area contributed by atoms with Crippen molar-refractivity contribution in [1.29, 1.82) is 0 Å². The van der Waals surface area contributed by atoms with Crippen LogP contribution < -0.4 is 9.47 Å². The Morgan fingerprint density at radius 3 is 2.62 bits per heavy atom. The molecule has 5 heteroatoms. The third-order valence-corrected chi connectivity index (χ3v) is 5.59. The minimum absolute atomic E-state index is 0.0546. The molecule has 5 nitrogen and oxygen atoms in total. The Morgan fingerprint density at radius 2 is 1.92 bits per heavy atom. The van der Waals surface area contributed by atoms with E-state index in [0.29, 0.717) is 18.0 Å². The molecule has 0 saturated carbocycles. The van der Waals surface area contributed by atoms with Gasteiger partial charge in [0.2, 0.25) is 0 Å². The van der Waals surface area contributed by atoms with E-state index in [4.69, 9.17) is 14.2 Å². The molecule has 1 spiro atoms. The van der Waals surface area contributed by atoms with E-state index in [9.17, 15) is 5.11 Å². The van der Waals surface area contributed by atoms with Gasteiger partial charge in [0.05, 0.1) is 32.0 Å². The van der Waals surface area contributed by atoms with Gasteiger partial charge in [-0.25, -0.2) is 0 Å². The topological polar surface area (TPSA) is 51.2 Å². The Hall–Kier alpha value is -1.82. The summed E-state index contributed by atoms with van der Waals surface area (Å²) in [4.78, 5) is 2.34. The van der Waals surface area contributed by atoms with Crippen molar-refractivity contribution in [3.63, 3.8) is 0 Å². The SMILES string of the molecule is COc1cc2c(cc1OC)[C@]13C[C@@H](OC)C=CC1=CCN3C[C@@H]2O. The number of fused-ring (bicyclic) bond motifs is 1. The quantitative estimate of drug-likeness (QED) is 0.921. The fourth-order valence-electron chi connectivity index (χ4n) is 4.40. The zero-order valence-electron chi connectivity index (χ0n) is 14.3. The molecule has 0 fully saturated rings. The number of rotatable bonds is 3.